The van der Waals surface area contributed by atoms with Gasteiger partial charge in [0.15, 0.2) is 11.5 Å². The Bertz CT molecular complexity index is 748. The van der Waals surface area contributed by atoms with Gasteiger partial charge in [0.25, 0.3) is 0 Å². The minimum absolute atomic E-state index is 0.706. The molecule has 20 heavy (non-hydrogen) atoms. The Morgan fingerprint density at radius 2 is 1.60 bits per heavy atom. The normalized spacial score (nSPS) is 10.8. The Morgan fingerprint density at radius 3 is 2.25 bits per heavy atom. The van der Waals surface area contributed by atoms with Gasteiger partial charge in [-0.1, -0.05) is 18.2 Å². The van der Waals surface area contributed by atoms with Crippen molar-refractivity contribution in [1.29, 1.82) is 0 Å². The highest BCUT2D eigenvalue weighted by Gasteiger charge is 2.13. The summed E-state index contributed by atoms with van der Waals surface area (Å²) in [6.45, 7) is 1.99. The van der Waals surface area contributed by atoms with E-state index in [1.54, 1.807) is 14.2 Å². The summed E-state index contributed by atoms with van der Waals surface area (Å²) in [7, 11) is 3.28. The number of para-hydroxylation sites is 1. The molecule has 0 spiro atoms. The maximum absolute atomic E-state index is 5.38. The zero-order chi connectivity index (χ0) is 14.1. The fourth-order valence-corrected chi connectivity index (χ4v) is 2.36. The van der Waals surface area contributed by atoms with Crippen LogP contribution in [-0.2, 0) is 0 Å². The molecule has 3 aromatic rings. The second-order valence-corrected chi connectivity index (χ2v) is 4.56. The van der Waals surface area contributed by atoms with Crippen LogP contribution in [0.2, 0.25) is 0 Å². The van der Waals surface area contributed by atoms with Crippen molar-refractivity contribution in [2.75, 3.05) is 14.2 Å². The molecule has 1 heterocycles. The van der Waals surface area contributed by atoms with Crippen LogP contribution in [0.1, 0.15) is 5.69 Å². The number of aromatic nitrogens is 2. The number of benzene rings is 2. The first-order valence-electron chi connectivity index (χ1n) is 6.41. The van der Waals surface area contributed by atoms with Crippen molar-refractivity contribution in [1.82, 2.24) is 9.78 Å². The van der Waals surface area contributed by atoms with Gasteiger partial charge in [0.2, 0.25) is 0 Å². The second-order valence-electron chi connectivity index (χ2n) is 4.56. The van der Waals surface area contributed by atoms with Crippen LogP contribution in [0.5, 0.6) is 11.5 Å². The first kappa shape index (κ1) is 12.5. The zero-order valence-corrected chi connectivity index (χ0v) is 11.8. The molecule has 0 saturated carbocycles. The van der Waals surface area contributed by atoms with Gasteiger partial charge in [0.1, 0.15) is 0 Å². The Hall–Kier alpha value is -2.49. The number of ether oxygens (including phenoxy) is 2. The Kier molecular flexibility index (Phi) is 3.06. The zero-order valence-electron chi connectivity index (χ0n) is 11.8. The number of methoxy groups -OCH3 is 2. The molecule has 0 unspecified atom stereocenters. The van der Waals surface area contributed by atoms with Crippen molar-refractivity contribution < 1.29 is 9.47 Å². The topological polar surface area (TPSA) is 36.3 Å². The van der Waals surface area contributed by atoms with Crippen LogP contribution in [0.15, 0.2) is 42.5 Å². The smallest absolute Gasteiger partial charge is 0.162 e. The molecule has 0 aliphatic heterocycles. The van der Waals surface area contributed by atoms with Crippen LogP contribution in [0.4, 0.5) is 0 Å². The molecule has 4 nitrogen and oxygen atoms in total. The molecule has 2 aromatic carbocycles. The van der Waals surface area contributed by atoms with Crippen molar-refractivity contribution in [3.8, 4) is 17.2 Å². The van der Waals surface area contributed by atoms with Gasteiger partial charge in [-0.05, 0) is 25.1 Å². The molecular formula is C16H16N2O2. The van der Waals surface area contributed by atoms with E-state index in [9.17, 15) is 0 Å². The predicted molar refractivity (Wildman–Crippen MR) is 78.9 cm³/mol. The minimum atomic E-state index is 0.706. The van der Waals surface area contributed by atoms with E-state index in [4.69, 9.17) is 9.47 Å². The third-order valence-corrected chi connectivity index (χ3v) is 3.37. The molecule has 0 radical (unpaired) electrons. The second kappa shape index (κ2) is 4.89. The highest BCUT2D eigenvalue weighted by Crippen LogP contribution is 2.34. The number of fused-ring (bicyclic) bond motifs is 1. The maximum Gasteiger partial charge on any atom is 0.162 e. The average molecular weight is 268 g/mol. The van der Waals surface area contributed by atoms with Crippen molar-refractivity contribution in [2.45, 2.75) is 6.92 Å². The molecule has 0 aliphatic carbocycles. The number of aryl methyl sites for hydroxylation is 1. The van der Waals surface area contributed by atoms with Crippen LogP contribution >= 0.6 is 0 Å². The van der Waals surface area contributed by atoms with Crippen molar-refractivity contribution >= 4 is 10.9 Å². The molecule has 0 amide bonds. The highest BCUT2D eigenvalue weighted by atomic mass is 16.5. The lowest BCUT2D eigenvalue weighted by Gasteiger charge is -2.09. The van der Waals surface area contributed by atoms with E-state index < -0.39 is 0 Å². The summed E-state index contributed by atoms with van der Waals surface area (Å²) in [5.74, 6) is 1.42. The Labute approximate surface area is 117 Å². The molecule has 0 atom stereocenters. The summed E-state index contributed by atoms with van der Waals surface area (Å²) in [6, 6.07) is 14.0. The fourth-order valence-electron chi connectivity index (χ4n) is 2.36. The summed E-state index contributed by atoms with van der Waals surface area (Å²) in [5.41, 5.74) is 2.99. The number of rotatable bonds is 3. The average Bonchev–Trinajstić information content (AvgIpc) is 2.83. The van der Waals surface area contributed by atoms with E-state index in [0.29, 0.717) is 5.75 Å². The molecule has 3 rings (SSSR count). The molecule has 0 N–H and O–H groups in total. The van der Waals surface area contributed by atoms with Crippen LogP contribution in [-0.4, -0.2) is 24.0 Å². The van der Waals surface area contributed by atoms with Gasteiger partial charge >= 0.3 is 0 Å². The highest BCUT2D eigenvalue weighted by molar-refractivity contribution is 5.86. The van der Waals surface area contributed by atoms with E-state index in [1.165, 1.54) is 0 Å². The molecule has 4 heteroatoms. The molecule has 1 aromatic heterocycles. The van der Waals surface area contributed by atoms with E-state index in [0.717, 1.165) is 28.0 Å². The predicted octanol–water partition coefficient (Wildman–Crippen LogP) is 3.35. The SMILES string of the molecule is COc1cc2c(C)nn(-c3ccccc3)c2cc1OC. The standard InChI is InChI=1S/C16H16N2O2/c1-11-13-9-15(19-2)16(20-3)10-14(13)18(17-11)12-7-5-4-6-8-12/h4-10H,1-3H3. The van der Waals surface area contributed by atoms with Gasteiger partial charge in [-0.15, -0.1) is 0 Å². The van der Waals surface area contributed by atoms with Gasteiger partial charge in [-0.2, -0.15) is 5.10 Å². The van der Waals surface area contributed by atoms with Crippen LogP contribution < -0.4 is 9.47 Å². The van der Waals surface area contributed by atoms with E-state index in [-0.39, 0.29) is 0 Å². The lowest BCUT2D eigenvalue weighted by molar-refractivity contribution is 0.356. The number of hydrogen-bond acceptors (Lipinski definition) is 3. The minimum Gasteiger partial charge on any atom is -0.493 e. The van der Waals surface area contributed by atoms with Gasteiger partial charge in [-0.25, -0.2) is 4.68 Å². The van der Waals surface area contributed by atoms with E-state index in [2.05, 4.69) is 5.10 Å². The summed E-state index contributed by atoms with van der Waals surface area (Å²) in [6.07, 6.45) is 0. The summed E-state index contributed by atoms with van der Waals surface area (Å²) in [5, 5.41) is 5.68. The van der Waals surface area contributed by atoms with Crippen LogP contribution in [0, 0.1) is 6.92 Å². The van der Waals surface area contributed by atoms with Crippen molar-refractivity contribution in [2.24, 2.45) is 0 Å². The van der Waals surface area contributed by atoms with Crippen LogP contribution in [0.3, 0.4) is 0 Å². The molecule has 0 aliphatic rings. The lowest BCUT2D eigenvalue weighted by Crippen LogP contribution is -1.96. The van der Waals surface area contributed by atoms with Gasteiger partial charge in [0, 0.05) is 11.5 Å². The van der Waals surface area contributed by atoms with Gasteiger partial charge in [0.05, 0.1) is 31.1 Å². The van der Waals surface area contributed by atoms with Crippen LogP contribution in [0.25, 0.3) is 16.6 Å². The summed E-state index contributed by atoms with van der Waals surface area (Å²) < 4.78 is 12.7. The Morgan fingerprint density at radius 1 is 0.950 bits per heavy atom. The number of nitrogens with zero attached hydrogens (tertiary/aromatic N) is 2. The molecule has 0 fully saturated rings. The van der Waals surface area contributed by atoms with Crippen molar-refractivity contribution in [3.05, 3.63) is 48.2 Å². The third-order valence-electron chi connectivity index (χ3n) is 3.37. The first-order chi connectivity index (χ1) is 9.74. The molecule has 0 saturated heterocycles. The van der Waals surface area contributed by atoms with Gasteiger partial charge in [-0.3, -0.25) is 0 Å². The number of hydrogen-bond donors (Lipinski definition) is 0. The molecular weight excluding hydrogens is 252 g/mol. The lowest BCUT2D eigenvalue weighted by atomic mass is 10.2. The molecule has 0 bridgehead atoms. The van der Waals surface area contributed by atoms with Gasteiger partial charge < -0.3 is 9.47 Å². The summed E-state index contributed by atoms with van der Waals surface area (Å²) in [4.78, 5) is 0. The van der Waals surface area contributed by atoms with E-state index in [1.807, 2.05) is 54.1 Å². The monoisotopic (exact) mass is 268 g/mol. The third kappa shape index (κ3) is 1.90. The quantitative estimate of drug-likeness (QED) is 0.731. The first-order valence-corrected chi connectivity index (χ1v) is 6.41. The maximum atomic E-state index is 5.38. The Balaban J connectivity index is 2.30. The fraction of sp³-hybridized carbons (Fsp3) is 0.188. The molecule has 102 valence electrons. The van der Waals surface area contributed by atoms with E-state index >= 15 is 0 Å². The largest absolute Gasteiger partial charge is 0.493 e. The summed E-state index contributed by atoms with van der Waals surface area (Å²) >= 11 is 0. The van der Waals surface area contributed by atoms with Crippen molar-refractivity contribution in [3.63, 3.8) is 0 Å².